The van der Waals surface area contributed by atoms with Crippen LogP contribution in [-0.2, 0) is 6.42 Å². The fraction of sp³-hybridized carbons (Fsp3) is 0.333. The third kappa shape index (κ3) is 2.85. The number of hydrogen-bond donors (Lipinski definition) is 1. The number of ether oxygens (including phenoxy) is 1. The van der Waals surface area contributed by atoms with E-state index >= 15 is 0 Å². The van der Waals surface area contributed by atoms with Crippen molar-refractivity contribution in [3.63, 3.8) is 0 Å². The quantitative estimate of drug-likeness (QED) is 0.932. The van der Waals surface area contributed by atoms with Crippen LogP contribution in [0.25, 0.3) is 0 Å². The summed E-state index contributed by atoms with van der Waals surface area (Å²) in [7, 11) is 0. The minimum atomic E-state index is 0.196. The number of fused-ring (bicyclic) bond motifs is 1. The summed E-state index contributed by atoms with van der Waals surface area (Å²) in [5.74, 6) is 1.96. The average molecular weight is 322 g/mol. The van der Waals surface area contributed by atoms with Crippen LogP contribution >= 0.6 is 15.9 Å². The molecule has 0 radical (unpaired) electrons. The molecular weight excluding hydrogens is 306 g/mol. The van der Waals surface area contributed by atoms with E-state index in [4.69, 9.17) is 9.15 Å². The van der Waals surface area contributed by atoms with E-state index in [0.717, 1.165) is 28.9 Å². The Hall–Kier alpha value is -1.26. The second-order valence-corrected chi connectivity index (χ2v) is 5.76. The zero-order valence-corrected chi connectivity index (χ0v) is 12.3. The largest absolute Gasteiger partial charge is 0.488 e. The van der Waals surface area contributed by atoms with E-state index in [1.165, 1.54) is 5.56 Å². The summed E-state index contributed by atoms with van der Waals surface area (Å²) in [6.45, 7) is 2.91. The van der Waals surface area contributed by atoms with Crippen LogP contribution in [0.1, 0.15) is 24.3 Å². The third-order valence-electron chi connectivity index (χ3n) is 3.39. The molecule has 2 aromatic rings. The summed E-state index contributed by atoms with van der Waals surface area (Å²) in [5.41, 5.74) is 1.27. The molecule has 19 heavy (non-hydrogen) atoms. The lowest BCUT2D eigenvalue weighted by molar-refractivity contribution is 0.220. The van der Waals surface area contributed by atoms with Gasteiger partial charge in [-0.1, -0.05) is 15.9 Å². The minimum absolute atomic E-state index is 0.196. The van der Waals surface area contributed by atoms with Crippen molar-refractivity contribution in [3.8, 4) is 5.75 Å². The van der Waals surface area contributed by atoms with E-state index in [1.807, 2.05) is 24.3 Å². The van der Waals surface area contributed by atoms with Crippen molar-refractivity contribution in [3.05, 3.63) is 52.4 Å². The van der Waals surface area contributed by atoms with Crippen molar-refractivity contribution >= 4 is 15.9 Å². The monoisotopic (exact) mass is 321 g/mol. The Balaban J connectivity index is 1.56. The fourth-order valence-electron chi connectivity index (χ4n) is 2.35. The lowest BCUT2D eigenvalue weighted by Gasteiger charge is -2.15. The summed E-state index contributed by atoms with van der Waals surface area (Å²) < 4.78 is 12.4. The highest BCUT2D eigenvalue weighted by molar-refractivity contribution is 9.10. The molecule has 1 aliphatic rings. The van der Waals surface area contributed by atoms with Gasteiger partial charge in [-0.25, -0.2) is 0 Å². The maximum absolute atomic E-state index is 5.92. The van der Waals surface area contributed by atoms with Gasteiger partial charge in [-0.05, 0) is 42.8 Å². The van der Waals surface area contributed by atoms with Crippen LogP contribution in [0.5, 0.6) is 5.75 Å². The smallest absolute Gasteiger partial charge is 0.123 e. The van der Waals surface area contributed by atoms with E-state index in [2.05, 4.69) is 34.2 Å². The van der Waals surface area contributed by atoms with Crippen molar-refractivity contribution in [2.45, 2.75) is 25.5 Å². The summed E-state index contributed by atoms with van der Waals surface area (Å²) in [4.78, 5) is 0. The van der Waals surface area contributed by atoms with Gasteiger partial charge in [-0.15, -0.1) is 0 Å². The van der Waals surface area contributed by atoms with Crippen molar-refractivity contribution in [2.75, 3.05) is 6.54 Å². The molecule has 1 aromatic carbocycles. The van der Waals surface area contributed by atoms with Gasteiger partial charge in [0, 0.05) is 17.4 Å². The first-order chi connectivity index (χ1) is 9.22. The third-order valence-corrected chi connectivity index (χ3v) is 3.88. The maximum Gasteiger partial charge on any atom is 0.123 e. The number of hydrogen-bond acceptors (Lipinski definition) is 3. The first-order valence-electron chi connectivity index (χ1n) is 6.44. The normalized spacial score (nSPS) is 18.9. The van der Waals surface area contributed by atoms with Crippen LogP contribution in [0.2, 0.25) is 0 Å². The molecule has 2 atom stereocenters. The number of nitrogens with one attached hydrogen (secondary N) is 1. The molecule has 2 heterocycles. The van der Waals surface area contributed by atoms with E-state index in [9.17, 15) is 0 Å². The first kappa shape index (κ1) is 12.8. The van der Waals surface area contributed by atoms with Crippen LogP contribution in [0.4, 0.5) is 0 Å². The van der Waals surface area contributed by atoms with Crippen LogP contribution in [0.3, 0.4) is 0 Å². The lowest BCUT2D eigenvalue weighted by atomic mass is 10.1. The van der Waals surface area contributed by atoms with E-state index < -0.39 is 0 Å². The van der Waals surface area contributed by atoms with Gasteiger partial charge >= 0.3 is 0 Å². The van der Waals surface area contributed by atoms with Crippen LogP contribution < -0.4 is 10.1 Å². The van der Waals surface area contributed by atoms with Gasteiger partial charge in [0.1, 0.15) is 17.6 Å². The standard InChI is InChI=1S/C15H16BrNO2/c1-10(14-3-2-6-18-14)17-9-13-8-11-7-12(16)4-5-15(11)19-13/h2-7,10,13,17H,8-9H2,1H3/t10-,13?/m0/s1. The maximum atomic E-state index is 5.92. The molecule has 100 valence electrons. The van der Waals surface area contributed by atoms with Gasteiger partial charge in [-0.2, -0.15) is 0 Å². The van der Waals surface area contributed by atoms with Crippen LogP contribution in [0.15, 0.2) is 45.5 Å². The summed E-state index contributed by atoms with van der Waals surface area (Å²) in [5, 5.41) is 3.45. The van der Waals surface area contributed by atoms with Crippen molar-refractivity contribution < 1.29 is 9.15 Å². The number of halogens is 1. The second-order valence-electron chi connectivity index (χ2n) is 4.84. The molecule has 1 aliphatic heterocycles. The van der Waals surface area contributed by atoms with Gasteiger partial charge in [0.2, 0.25) is 0 Å². The lowest BCUT2D eigenvalue weighted by Crippen LogP contribution is -2.31. The molecule has 0 fully saturated rings. The zero-order valence-electron chi connectivity index (χ0n) is 10.7. The predicted octanol–water partition coefficient (Wildman–Crippen LogP) is 3.70. The van der Waals surface area contributed by atoms with E-state index in [-0.39, 0.29) is 12.1 Å². The van der Waals surface area contributed by atoms with Gasteiger partial charge < -0.3 is 14.5 Å². The molecule has 3 rings (SSSR count). The highest BCUT2D eigenvalue weighted by atomic mass is 79.9. The molecular formula is C15H16BrNO2. The predicted molar refractivity (Wildman–Crippen MR) is 77.4 cm³/mol. The molecule has 1 unspecified atom stereocenters. The molecule has 0 spiro atoms. The molecule has 4 heteroatoms. The van der Waals surface area contributed by atoms with Crippen molar-refractivity contribution in [1.29, 1.82) is 0 Å². The molecule has 0 saturated carbocycles. The van der Waals surface area contributed by atoms with Gasteiger partial charge in [0.15, 0.2) is 0 Å². The number of furan rings is 1. The fourth-order valence-corrected chi connectivity index (χ4v) is 2.76. The van der Waals surface area contributed by atoms with Gasteiger partial charge in [0.05, 0.1) is 12.3 Å². The van der Waals surface area contributed by atoms with Crippen LogP contribution in [0, 0.1) is 0 Å². The number of benzene rings is 1. The molecule has 1 aromatic heterocycles. The summed E-state index contributed by atoms with van der Waals surface area (Å²) in [6.07, 6.45) is 2.85. The Morgan fingerprint density at radius 2 is 2.32 bits per heavy atom. The molecule has 0 bridgehead atoms. The Morgan fingerprint density at radius 1 is 1.42 bits per heavy atom. The van der Waals surface area contributed by atoms with Crippen LogP contribution in [-0.4, -0.2) is 12.6 Å². The highest BCUT2D eigenvalue weighted by Crippen LogP contribution is 2.31. The average Bonchev–Trinajstić information content (AvgIpc) is 3.04. The van der Waals surface area contributed by atoms with Gasteiger partial charge in [-0.3, -0.25) is 0 Å². The SMILES string of the molecule is C[C@H](NCC1Cc2cc(Br)ccc2O1)c1ccco1. The van der Waals surface area contributed by atoms with E-state index in [0.29, 0.717) is 0 Å². The number of rotatable bonds is 4. The van der Waals surface area contributed by atoms with Crippen molar-refractivity contribution in [1.82, 2.24) is 5.32 Å². The molecule has 1 N–H and O–H groups in total. The molecule has 0 amide bonds. The molecule has 0 saturated heterocycles. The summed E-state index contributed by atoms with van der Waals surface area (Å²) in [6, 6.07) is 10.3. The Kier molecular flexibility index (Phi) is 3.62. The minimum Gasteiger partial charge on any atom is -0.488 e. The van der Waals surface area contributed by atoms with Gasteiger partial charge in [0.25, 0.3) is 0 Å². The van der Waals surface area contributed by atoms with E-state index in [1.54, 1.807) is 6.26 Å². The highest BCUT2D eigenvalue weighted by Gasteiger charge is 2.23. The van der Waals surface area contributed by atoms with Crippen molar-refractivity contribution in [2.24, 2.45) is 0 Å². The zero-order chi connectivity index (χ0) is 13.2. The summed E-state index contributed by atoms with van der Waals surface area (Å²) >= 11 is 3.49. The molecule has 3 nitrogen and oxygen atoms in total. The Labute approximate surface area is 121 Å². The first-order valence-corrected chi connectivity index (χ1v) is 7.23. The molecule has 0 aliphatic carbocycles. The Bertz CT molecular complexity index is 553. The second kappa shape index (κ2) is 5.39. The topological polar surface area (TPSA) is 34.4 Å². The Morgan fingerprint density at radius 3 is 3.11 bits per heavy atom.